The van der Waals surface area contributed by atoms with Gasteiger partial charge in [-0.1, -0.05) is 12.1 Å². The van der Waals surface area contributed by atoms with Crippen molar-refractivity contribution in [3.63, 3.8) is 0 Å². The monoisotopic (exact) mass is 326 g/mol. The first-order valence-corrected chi connectivity index (χ1v) is 8.03. The number of amides is 1. The normalized spacial score (nSPS) is 27.8. The summed E-state index contributed by atoms with van der Waals surface area (Å²) >= 11 is 0. The highest BCUT2D eigenvalue weighted by atomic mass is 19.4. The fraction of sp³-hybridized carbons (Fsp3) is 0.588. The summed E-state index contributed by atoms with van der Waals surface area (Å²) in [6.07, 6.45) is -1.50. The van der Waals surface area contributed by atoms with Gasteiger partial charge in [-0.25, -0.2) is 0 Å². The van der Waals surface area contributed by atoms with Crippen molar-refractivity contribution in [2.24, 2.45) is 5.92 Å². The number of likely N-dealkylation sites (N-methyl/N-ethyl adjacent to an activating group) is 1. The number of piperidine rings is 1. The number of hydrogen-bond acceptors (Lipinski definition) is 2. The lowest BCUT2D eigenvalue weighted by atomic mass is 10.0. The predicted molar refractivity (Wildman–Crippen MR) is 81.0 cm³/mol. The lowest BCUT2D eigenvalue weighted by molar-refractivity contribution is -0.137. The smallest absolute Gasteiger partial charge is 0.341 e. The molecule has 23 heavy (non-hydrogen) atoms. The van der Waals surface area contributed by atoms with Gasteiger partial charge in [0.05, 0.1) is 5.56 Å². The van der Waals surface area contributed by atoms with Crippen molar-refractivity contribution in [1.82, 2.24) is 10.2 Å². The van der Waals surface area contributed by atoms with Crippen LogP contribution in [0.3, 0.4) is 0 Å². The maximum absolute atomic E-state index is 12.6. The van der Waals surface area contributed by atoms with Crippen LogP contribution in [-0.2, 0) is 11.0 Å². The average molecular weight is 326 g/mol. The molecule has 0 radical (unpaired) electrons. The maximum atomic E-state index is 12.6. The standard InChI is InChI=1S/C17H21F3N2O/c1-21-13-3-2-8-22(10-13)16(23)15-9-14(15)11-4-6-12(7-5-11)17(18,19)20/h4-7,13-15,21H,2-3,8-10H2,1H3/t13-,14+,15-/m1/s1. The first-order chi connectivity index (χ1) is 10.9. The van der Waals surface area contributed by atoms with Gasteiger partial charge in [0.15, 0.2) is 0 Å². The van der Waals surface area contributed by atoms with Crippen LogP contribution in [0.4, 0.5) is 13.2 Å². The number of halogens is 3. The molecule has 1 heterocycles. The van der Waals surface area contributed by atoms with E-state index < -0.39 is 11.7 Å². The van der Waals surface area contributed by atoms with E-state index in [1.54, 1.807) is 0 Å². The second kappa shape index (κ2) is 6.15. The molecule has 6 heteroatoms. The minimum Gasteiger partial charge on any atom is -0.341 e. The van der Waals surface area contributed by atoms with Crippen molar-refractivity contribution in [1.29, 1.82) is 0 Å². The summed E-state index contributed by atoms with van der Waals surface area (Å²) in [4.78, 5) is 14.5. The fourth-order valence-electron chi connectivity index (χ4n) is 3.40. The number of hydrogen-bond donors (Lipinski definition) is 1. The van der Waals surface area contributed by atoms with Crippen LogP contribution in [0.25, 0.3) is 0 Å². The molecule has 1 saturated carbocycles. The summed E-state index contributed by atoms with van der Waals surface area (Å²) in [7, 11) is 1.90. The molecule has 3 nitrogen and oxygen atoms in total. The summed E-state index contributed by atoms with van der Waals surface area (Å²) in [5.74, 6) is 0.150. The van der Waals surface area contributed by atoms with Crippen LogP contribution in [0.1, 0.15) is 36.3 Å². The second-order valence-corrected chi connectivity index (χ2v) is 6.48. The van der Waals surface area contributed by atoms with Gasteiger partial charge in [-0.15, -0.1) is 0 Å². The molecule has 1 aliphatic carbocycles. The lowest BCUT2D eigenvalue weighted by Gasteiger charge is -2.32. The van der Waals surface area contributed by atoms with E-state index in [-0.39, 0.29) is 17.7 Å². The van der Waals surface area contributed by atoms with Gasteiger partial charge in [0.1, 0.15) is 0 Å². The molecule has 2 aliphatic rings. The molecular weight excluding hydrogens is 305 g/mol. The Morgan fingerprint density at radius 1 is 1.26 bits per heavy atom. The van der Waals surface area contributed by atoms with Crippen molar-refractivity contribution in [3.8, 4) is 0 Å². The molecule has 3 atom stereocenters. The summed E-state index contributed by atoms with van der Waals surface area (Å²) in [5, 5.41) is 3.21. The molecule has 3 rings (SSSR count). The first-order valence-electron chi connectivity index (χ1n) is 8.03. The van der Waals surface area contributed by atoms with Gasteiger partial charge in [0.25, 0.3) is 0 Å². The van der Waals surface area contributed by atoms with Gasteiger partial charge in [-0.3, -0.25) is 4.79 Å². The van der Waals surface area contributed by atoms with Crippen molar-refractivity contribution < 1.29 is 18.0 Å². The molecule has 0 aromatic heterocycles. The van der Waals surface area contributed by atoms with Crippen LogP contribution in [-0.4, -0.2) is 37.0 Å². The number of rotatable bonds is 3. The maximum Gasteiger partial charge on any atom is 0.416 e. The van der Waals surface area contributed by atoms with Crippen molar-refractivity contribution in [2.75, 3.05) is 20.1 Å². The topological polar surface area (TPSA) is 32.3 Å². The number of nitrogens with one attached hydrogen (secondary N) is 1. The highest BCUT2D eigenvalue weighted by Crippen LogP contribution is 2.49. The third kappa shape index (κ3) is 3.52. The van der Waals surface area contributed by atoms with Crippen LogP contribution in [0, 0.1) is 5.92 Å². The quantitative estimate of drug-likeness (QED) is 0.926. The molecule has 1 aromatic rings. The SMILES string of the molecule is CN[C@@H]1CCCN(C(=O)[C@@H]2C[C@H]2c2ccc(C(F)(F)F)cc2)C1. The lowest BCUT2D eigenvalue weighted by Crippen LogP contribution is -2.47. The number of benzene rings is 1. The van der Waals surface area contributed by atoms with E-state index in [0.717, 1.165) is 50.0 Å². The molecule has 0 bridgehead atoms. The van der Waals surface area contributed by atoms with E-state index in [4.69, 9.17) is 0 Å². The molecule has 0 spiro atoms. The molecule has 0 unspecified atom stereocenters. The number of nitrogens with zero attached hydrogens (tertiary/aromatic N) is 1. The van der Waals surface area contributed by atoms with Crippen LogP contribution < -0.4 is 5.32 Å². The zero-order valence-electron chi connectivity index (χ0n) is 13.1. The summed E-state index contributed by atoms with van der Waals surface area (Å²) < 4.78 is 37.8. The summed E-state index contributed by atoms with van der Waals surface area (Å²) in [5.41, 5.74) is 0.191. The Balaban J connectivity index is 1.61. The first kappa shape index (κ1) is 16.3. The van der Waals surface area contributed by atoms with Gasteiger partial charge >= 0.3 is 6.18 Å². The molecular formula is C17H21F3N2O. The van der Waals surface area contributed by atoms with Crippen LogP contribution in [0.15, 0.2) is 24.3 Å². The number of likely N-dealkylation sites (tertiary alicyclic amines) is 1. The molecule has 1 amide bonds. The van der Waals surface area contributed by atoms with Crippen LogP contribution >= 0.6 is 0 Å². The molecule has 126 valence electrons. The van der Waals surface area contributed by atoms with Crippen molar-refractivity contribution in [3.05, 3.63) is 35.4 Å². The van der Waals surface area contributed by atoms with E-state index in [1.807, 2.05) is 11.9 Å². The van der Waals surface area contributed by atoms with Gasteiger partial charge in [0, 0.05) is 25.0 Å². The minimum absolute atomic E-state index is 0.0673. The third-order valence-electron chi connectivity index (χ3n) is 4.92. The molecule has 1 saturated heterocycles. The highest BCUT2D eigenvalue weighted by Gasteiger charge is 2.46. The van der Waals surface area contributed by atoms with Gasteiger partial charge in [-0.2, -0.15) is 13.2 Å². The summed E-state index contributed by atoms with van der Waals surface area (Å²) in [6.45, 7) is 1.51. The Labute approximate surface area is 133 Å². The summed E-state index contributed by atoms with van der Waals surface area (Å²) in [6, 6.07) is 5.57. The number of carbonyl (C=O) groups is 1. The predicted octanol–water partition coefficient (Wildman–Crippen LogP) is 3.02. The van der Waals surface area contributed by atoms with Gasteiger partial charge < -0.3 is 10.2 Å². The zero-order chi connectivity index (χ0) is 16.6. The second-order valence-electron chi connectivity index (χ2n) is 6.48. The fourth-order valence-corrected chi connectivity index (χ4v) is 3.40. The Kier molecular flexibility index (Phi) is 4.36. The number of carbonyl (C=O) groups excluding carboxylic acids is 1. The van der Waals surface area contributed by atoms with E-state index >= 15 is 0 Å². The highest BCUT2D eigenvalue weighted by molar-refractivity contribution is 5.83. The van der Waals surface area contributed by atoms with Gasteiger partial charge in [-0.05, 0) is 49.9 Å². The van der Waals surface area contributed by atoms with Crippen molar-refractivity contribution in [2.45, 2.75) is 37.4 Å². The van der Waals surface area contributed by atoms with E-state index in [1.165, 1.54) is 12.1 Å². The Morgan fingerprint density at radius 3 is 2.57 bits per heavy atom. The van der Waals surface area contributed by atoms with E-state index in [2.05, 4.69) is 5.32 Å². The van der Waals surface area contributed by atoms with E-state index in [0.29, 0.717) is 6.04 Å². The van der Waals surface area contributed by atoms with Crippen LogP contribution in [0.5, 0.6) is 0 Å². The number of alkyl halides is 3. The Hall–Kier alpha value is -1.56. The minimum atomic E-state index is -4.31. The zero-order valence-corrected chi connectivity index (χ0v) is 13.1. The van der Waals surface area contributed by atoms with Crippen LogP contribution in [0.2, 0.25) is 0 Å². The Bertz CT molecular complexity index is 570. The largest absolute Gasteiger partial charge is 0.416 e. The average Bonchev–Trinajstić information content (AvgIpc) is 3.34. The van der Waals surface area contributed by atoms with Gasteiger partial charge in [0.2, 0.25) is 5.91 Å². The molecule has 1 aromatic carbocycles. The van der Waals surface area contributed by atoms with Crippen molar-refractivity contribution >= 4 is 5.91 Å². The third-order valence-corrected chi connectivity index (χ3v) is 4.92. The Morgan fingerprint density at radius 2 is 1.96 bits per heavy atom. The molecule has 1 N–H and O–H groups in total. The molecule has 1 aliphatic heterocycles. The molecule has 2 fully saturated rings. The van der Waals surface area contributed by atoms with E-state index in [9.17, 15) is 18.0 Å².